The van der Waals surface area contributed by atoms with Crippen LogP contribution in [-0.4, -0.2) is 22.4 Å². The van der Waals surface area contributed by atoms with Gasteiger partial charge in [0.25, 0.3) is 5.91 Å². The van der Waals surface area contributed by atoms with Gasteiger partial charge in [-0.05, 0) is 18.2 Å². The van der Waals surface area contributed by atoms with Gasteiger partial charge in [-0.1, -0.05) is 29.3 Å². The van der Waals surface area contributed by atoms with Crippen molar-refractivity contribution in [3.8, 4) is 0 Å². The third kappa shape index (κ3) is 2.68. The molecule has 8 heteroatoms. The number of carbonyl (C=O) groups is 1. The number of hydrogen-bond acceptors (Lipinski definition) is 4. The largest absolute Gasteiger partial charge is 0.347 e. The van der Waals surface area contributed by atoms with Gasteiger partial charge in [0.2, 0.25) is 0 Å². The number of hydrogen-bond donors (Lipinski definition) is 4. The van der Waals surface area contributed by atoms with E-state index in [0.29, 0.717) is 34.3 Å². The van der Waals surface area contributed by atoms with E-state index in [1.54, 1.807) is 18.3 Å². The summed E-state index contributed by atoms with van der Waals surface area (Å²) in [5.74, 6) is 0.380. The van der Waals surface area contributed by atoms with Crippen LogP contribution < -0.4 is 16.2 Å². The van der Waals surface area contributed by atoms with Gasteiger partial charge < -0.3 is 10.3 Å². The van der Waals surface area contributed by atoms with Crippen LogP contribution in [0.25, 0.3) is 5.70 Å². The quantitative estimate of drug-likeness (QED) is 0.654. The maximum Gasteiger partial charge on any atom is 0.268 e. The predicted molar refractivity (Wildman–Crippen MR) is 82.1 cm³/mol. The number of aromatic amines is 1. The summed E-state index contributed by atoms with van der Waals surface area (Å²) in [5, 5.41) is 3.24. The van der Waals surface area contributed by atoms with Gasteiger partial charge in [0.1, 0.15) is 16.7 Å². The first-order valence-corrected chi connectivity index (χ1v) is 6.91. The number of nitrogens with one attached hydrogen (secondary N) is 4. The lowest BCUT2D eigenvalue weighted by Gasteiger charge is -2.12. The zero-order valence-corrected chi connectivity index (χ0v) is 12.2. The minimum atomic E-state index is -0.260. The Hall–Kier alpha value is -2.18. The number of hydrazine groups is 1. The monoisotopic (exact) mass is 323 g/mol. The van der Waals surface area contributed by atoms with E-state index in [1.165, 1.54) is 0 Å². The molecule has 0 atom stereocenters. The molecule has 2 aromatic rings. The van der Waals surface area contributed by atoms with E-state index in [0.717, 1.165) is 0 Å². The molecule has 3 rings (SSSR count). The average molecular weight is 324 g/mol. The first-order valence-electron chi connectivity index (χ1n) is 6.15. The first-order chi connectivity index (χ1) is 10.2. The lowest BCUT2D eigenvalue weighted by atomic mass is 10.2. The van der Waals surface area contributed by atoms with Crippen LogP contribution in [0.2, 0.25) is 10.2 Å². The molecular weight excluding hydrogens is 313 g/mol. The minimum Gasteiger partial charge on any atom is -0.347 e. The van der Waals surface area contributed by atoms with Crippen molar-refractivity contribution in [1.29, 1.82) is 0 Å². The Kier molecular flexibility index (Phi) is 3.72. The van der Waals surface area contributed by atoms with Crippen LogP contribution in [0.5, 0.6) is 0 Å². The Morgan fingerprint density at radius 1 is 1.24 bits per heavy atom. The van der Waals surface area contributed by atoms with Crippen molar-refractivity contribution in [2.45, 2.75) is 0 Å². The van der Waals surface area contributed by atoms with Gasteiger partial charge in [0.05, 0.1) is 16.3 Å². The zero-order chi connectivity index (χ0) is 14.8. The zero-order valence-electron chi connectivity index (χ0n) is 10.7. The molecule has 1 aliphatic rings. The average Bonchev–Trinajstić information content (AvgIpc) is 2.70. The number of fused-ring (bicyclic) bond motifs is 1. The van der Waals surface area contributed by atoms with E-state index in [1.807, 2.05) is 12.1 Å². The predicted octanol–water partition coefficient (Wildman–Crippen LogP) is 2.42. The molecule has 1 amide bonds. The number of halogens is 2. The fourth-order valence-electron chi connectivity index (χ4n) is 1.99. The van der Waals surface area contributed by atoms with Crippen LogP contribution in [-0.2, 0) is 0 Å². The molecule has 0 unspecified atom stereocenters. The summed E-state index contributed by atoms with van der Waals surface area (Å²) in [6.07, 6.45) is 3.47. The van der Waals surface area contributed by atoms with E-state index >= 15 is 0 Å². The summed E-state index contributed by atoms with van der Waals surface area (Å²) in [5.41, 5.74) is 7.44. The fourth-order valence-corrected chi connectivity index (χ4v) is 2.42. The second-order valence-corrected chi connectivity index (χ2v) is 5.05. The summed E-state index contributed by atoms with van der Waals surface area (Å²) < 4.78 is 0. The lowest BCUT2D eigenvalue weighted by molar-refractivity contribution is 0.0954. The van der Waals surface area contributed by atoms with E-state index < -0.39 is 0 Å². The molecule has 0 bridgehead atoms. The van der Waals surface area contributed by atoms with E-state index in [9.17, 15) is 4.79 Å². The van der Waals surface area contributed by atoms with Crippen LogP contribution in [0.1, 0.15) is 16.1 Å². The molecule has 21 heavy (non-hydrogen) atoms. The van der Waals surface area contributed by atoms with Crippen molar-refractivity contribution >= 4 is 40.6 Å². The van der Waals surface area contributed by atoms with Crippen LogP contribution in [0.15, 0.2) is 30.5 Å². The number of nitrogens with zero attached hydrogens (tertiary/aromatic N) is 1. The van der Waals surface area contributed by atoms with Crippen LogP contribution in [0.4, 0.5) is 5.82 Å². The highest BCUT2D eigenvalue weighted by atomic mass is 35.5. The van der Waals surface area contributed by atoms with Gasteiger partial charge in [0.15, 0.2) is 0 Å². The highest BCUT2D eigenvalue weighted by Gasteiger charge is 2.25. The van der Waals surface area contributed by atoms with Crippen molar-refractivity contribution in [2.75, 3.05) is 12.0 Å². The number of pyridine rings is 1. The number of H-pyrrole nitrogens is 1. The minimum absolute atomic E-state index is 0.226. The van der Waals surface area contributed by atoms with Crippen LogP contribution >= 0.6 is 23.2 Å². The van der Waals surface area contributed by atoms with Crippen molar-refractivity contribution in [2.24, 2.45) is 0 Å². The molecule has 0 fully saturated rings. The van der Waals surface area contributed by atoms with Crippen LogP contribution in [0, 0.1) is 0 Å². The van der Waals surface area contributed by atoms with E-state index in [2.05, 4.69) is 26.1 Å². The van der Waals surface area contributed by atoms with Gasteiger partial charge in [-0.3, -0.25) is 15.6 Å². The molecule has 0 spiro atoms. The smallest absolute Gasteiger partial charge is 0.268 e. The van der Waals surface area contributed by atoms with Crippen molar-refractivity contribution in [1.82, 2.24) is 20.7 Å². The van der Waals surface area contributed by atoms with E-state index in [-0.39, 0.29) is 11.1 Å². The fraction of sp³-hybridized carbons (Fsp3) is 0.0769. The molecule has 108 valence electrons. The topological polar surface area (TPSA) is 81.8 Å². The molecule has 0 radical (unpaired) electrons. The normalized spacial score (nSPS) is 13.8. The molecule has 4 N–H and O–H groups in total. The Morgan fingerprint density at radius 3 is 2.86 bits per heavy atom. The Labute approximate surface area is 130 Å². The second kappa shape index (κ2) is 5.67. The Balaban J connectivity index is 1.90. The molecule has 0 aromatic carbocycles. The van der Waals surface area contributed by atoms with Crippen molar-refractivity contribution in [3.63, 3.8) is 0 Å². The molecule has 0 saturated heterocycles. The maximum atomic E-state index is 11.9. The third-order valence-corrected chi connectivity index (χ3v) is 3.71. The number of amides is 1. The standard InChI is InChI=1S/C13H11Cl2N5O/c14-10-9-7(19-20-8-3-1-2-5-16-8)4-6-17-13(21)11(9)18-12(10)15/h1-5,18-19H,6H2,(H,16,20)(H,17,21). The van der Waals surface area contributed by atoms with Crippen molar-refractivity contribution < 1.29 is 4.79 Å². The van der Waals surface area contributed by atoms with Gasteiger partial charge in [-0.15, -0.1) is 0 Å². The molecule has 0 saturated carbocycles. The number of carbonyl (C=O) groups excluding carboxylic acids is 1. The number of aromatic nitrogens is 2. The third-order valence-electron chi connectivity index (χ3n) is 2.95. The maximum absolute atomic E-state index is 11.9. The molecular formula is C13H11Cl2N5O. The molecule has 2 aromatic heterocycles. The lowest BCUT2D eigenvalue weighted by Crippen LogP contribution is -2.22. The Morgan fingerprint density at radius 2 is 2.10 bits per heavy atom. The van der Waals surface area contributed by atoms with Crippen LogP contribution in [0.3, 0.4) is 0 Å². The summed E-state index contributed by atoms with van der Waals surface area (Å²) >= 11 is 12.1. The van der Waals surface area contributed by atoms with Gasteiger partial charge in [-0.25, -0.2) is 4.98 Å². The molecule has 1 aliphatic heterocycles. The highest BCUT2D eigenvalue weighted by Crippen LogP contribution is 2.33. The Bertz CT molecular complexity index is 711. The molecule has 0 aliphatic carbocycles. The summed E-state index contributed by atoms with van der Waals surface area (Å²) in [7, 11) is 0. The van der Waals surface area contributed by atoms with Gasteiger partial charge in [-0.2, -0.15) is 0 Å². The second-order valence-electron chi connectivity index (χ2n) is 4.30. The van der Waals surface area contributed by atoms with E-state index in [4.69, 9.17) is 23.2 Å². The summed E-state index contributed by atoms with van der Waals surface area (Å²) in [4.78, 5) is 18.9. The highest BCUT2D eigenvalue weighted by molar-refractivity contribution is 6.43. The molecule has 3 heterocycles. The van der Waals surface area contributed by atoms with Gasteiger partial charge in [0, 0.05) is 12.7 Å². The number of anilines is 1. The number of rotatable bonds is 3. The summed E-state index contributed by atoms with van der Waals surface area (Å²) in [6.45, 7) is 0.377. The molecule has 6 nitrogen and oxygen atoms in total. The summed E-state index contributed by atoms with van der Waals surface area (Å²) in [6, 6.07) is 5.48. The van der Waals surface area contributed by atoms with Gasteiger partial charge >= 0.3 is 0 Å². The SMILES string of the molecule is O=C1NCC=C(NNc2ccccn2)c2c1[nH]c(Cl)c2Cl. The first kappa shape index (κ1) is 13.8. The van der Waals surface area contributed by atoms with Crippen molar-refractivity contribution in [3.05, 3.63) is 51.9 Å².